The van der Waals surface area contributed by atoms with Crippen LogP contribution < -0.4 is 4.74 Å². The minimum Gasteiger partial charge on any atom is -0.490 e. The predicted molar refractivity (Wildman–Crippen MR) is 77.4 cm³/mol. The highest BCUT2D eigenvalue weighted by atomic mass is 32.2. The standard InChI is InChI=1S/C14H16F3NO5S/c1-10(19)23-24(20,21)18-8-6-13(7-9-18)22-12-4-2-11(3-5-12)14(15,16)17/h2-5,13H,6-9H2,1H3. The van der Waals surface area contributed by atoms with Gasteiger partial charge in [-0.2, -0.15) is 25.9 Å². The molecule has 0 spiro atoms. The lowest BCUT2D eigenvalue weighted by Crippen LogP contribution is -2.42. The Labute approximate surface area is 137 Å². The van der Waals surface area contributed by atoms with Gasteiger partial charge in [0.05, 0.1) is 5.56 Å². The summed E-state index contributed by atoms with van der Waals surface area (Å²) in [6, 6.07) is 4.31. The third kappa shape index (κ3) is 4.84. The number of hydrogen-bond donors (Lipinski definition) is 0. The quantitative estimate of drug-likeness (QED) is 0.817. The van der Waals surface area contributed by atoms with E-state index in [1.165, 1.54) is 12.1 Å². The first-order valence-electron chi connectivity index (χ1n) is 7.12. The fraction of sp³-hybridized carbons (Fsp3) is 0.500. The average molecular weight is 367 g/mol. The Bertz CT molecular complexity index is 679. The van der Waals surface area contributed by atoms with E-state index in [1.54, 1.807) is 0 Å². The van der Waals surface area contributed by atoms with Gasteiger partial charge in [0.15, 0.2) is 0 Å². The maximum Gasteiger partial charge on any atom is 0.416 e. The fourth-order valence-electron chi connectivity index (χ4n) is 2.29. The number of halogens is 3. The van der Waals surface area contributed by atoms with Crippen molar-refractivity contribution in [1.29, 1.82) is 0 Å². The van der Waals surface area contributed by atoms with Crippen molar-refractivity contribution in [2.45, 2.75) is 32.0 Å². The molecule has 0 N–H and O–H groups in total. The van der Waals surface area contributed by atoms with Gasteiger partial charge in [-0.1, -0.05) is 0 Å². The molecule has 1 aromatic carbocycles. The molecule has 10 heteroatoms. The molecule has 1 aromatic rings. The number of piperidine rings is 1. The molecule has 0 radical (unpaired) electrons. The molecule has 0 saturated carbocycles. The van der Waals surface area contributed by atoms with Crippen molar-refractivity contribution >= 4 is 16.3 Å². The van der Waals surface area contributed by atoms with E-state index in [9.17, 15) is 26.4 Å². The number of carbonyl (C=O) groups is 1. The zero-order chi connectivity index (χ0) is 18.0. The molecule has 0 aromatic heterocycles. The van der Waals surface area contributed by atoms with Crippen LogP contribution in [0.3, 0.4) is 0 Å². The molecule has 1 aliphatic rings. The van der Waals surface area contributed by atoms with Crippen LogP contribution in [0.1, 0.15) is 25.3 Å². The first-order valence-corrected chi connectivity index (χ1v) is 8.48. The van der Waals surface area contributed by atoms with E-state index in [2.05, 4.69) is 4.18 Å². The van der Waals surface area contributed by atoms with Crippen LogP contribution in [-0.2, 0) is 25.5 Å². The molecule has 1 heterocycles. The van der Waals surface area contributed by atoms with Gasteiger partial charge in [-0.3, -0.25) is 4.79 Å². The van der Waals surface area contributed by atoms with E-state index in [0.29, 0.717) is 12.8 Å². The van der Waals surface area contributed by atoms with Crippen molar-refractivity contribution in [3.63, 3.8) is 0 Å². The van der Waals surface area contributed by atoms with Crippen molar-refractivity contribution < 1.29 is 35.3 Å². The van der Waals surface area contributed by atoms with Crippen molar-refractivity contribution in [3.05, 3.63) is 29.8 Å². The number of benzene rings is 1. The third-order valence-electron chi connectivity index (χ3n) is 3.42. The predicted octanol–water partition coefficient (Wildman–Crippen LogP) is 2.36. The summed E-state index contributed by atoms with van der Waals surface area (Å²) in [5.74, 6) is -0.637. The number of rotatable bonds is 4. The minimum atomic E-state index is -4.41. The Morgan fingerprint density at radius 3 is 2.17 bits per heavy atom. The van der Waals surface area contributed by atoms with Gasteiger partial charge in [0.1, 0.15) is 11.9 Å². The fourth-order valence-corrected chi connectivity index (χ4v) is 3.35. The molecule has 6 nitrogen and oxygen atoms in total. The zero-order valence-electron chi connectivity index (χ0n) is 12.7. The summed E-state index contributed by atoms with van der Waals surface area (Å²) < 4.78 is 71.8. The molecule has 134 valence electrons. The summed E-state index contributed by atoms with van der Waals surface area (Å²) in [7, 11) is -4.10. The van der Waals surface area contributed by atoms with Crippen molar-refractivity contribution in [2.24, 2.45) is 0 Å². The number of carbonyl (C=O) groups excluding carboxylic acids is 1. The van der Waals surface area contributed by atoms with Crippen LogP contribution >= 0.6 is 0 Å². The van der Waals surface area contributed by atoms with E-state index in [1.807, 2.05) is 0 Å². The van der Waals surface area contributed by atoms with Crippen LogP contribution in [0.5, 0.6) is 5.75 Å². The molecule has 1 saturated heterocycles. The summed E-state index contributed by atoms with van der Waals surface area (Å²) >= 11 is 0. The van der Waals surface area contributed by atoms with Gasteiger partial charge in [0.2, 0.25) is 0 Å². The van der Waals surface area contributed by atoms with E-state index in [4.69, 9.17) is 4.74 Å². The molecule has 0 bridgehead atoms. The highest BCUT2D eigenvalue weighted by molar-refractivity contribution is 7.84. The molecular formula is C14H16F3NO5S. The van der Waals surface area contributed by atoms with Crippen molar-refractivity contribution in [1.82, 2.24) is 4.31 Å². The molecule has 0 aliphatic carbocycles. The second-order valence-electron chi connectivity index (χ2n) is 5.27. The van der Waals surface area contributed by atoms with E-state index in [0.717, 1.165) is 23.4 Å². The Kier molecular flexibility index (Phi) is 5.38. The molecule has 1 aliphatic heterocycles. The molecule has 2 rings (SSSR count). The van der Waals surface area contributed by atoms with Gasteiger partial charge in [-0.15, -0.1) is 0 Å². The Balaban J connectivity index is 1.90. The molecular weight excluding hydrogens is 351 g/mol. The lowest BCUT2D eigenvalue weighted by molar-refractivity contribution is -0.137. The summed E-state index contributed by atoms with van der Waals surface area (Å²) in [6.07, 6.45) is -4.07. The highest BCUT2D eigenvalue weighted by Crippen LogP contribution is 2.31. The first-order chi connectivity index (χ1) is 11.1. The Morgan fingerprint density at radius 2 is 1.71 bits per heavy atom. The van der Waals surface area contributed by atoms with Gasteiger partial charge < -0.3 is 8.92 Å². The van der Waals surface area contributed by atoms with Gasteiger partial charge in [0.25, 0.3) is 0 Å². The summed E-state index contributed by atoms with van der Waals surface area (Å²) in [4.78, 5) is 10.8. The number of hydrogen-bond acceptors (Lipinski definition) is 5. The van der Waals surface area contributed by atoms with Gasteiger partial charge >= 0.3 is 22.4 Å². The molecule has 0 amide bonds. The number of alkyl halides is 3. The van der Waals surface area contributed by atoms with Crippen LogP contribution in [-0.4, -0.2) is 37.9 Å². The zero-order valence-corrected chi connectivity index (χ0v) is 13.6. The first kappa shape index (κ1) is 18.5. The molecule has 24 heavy (non-hydrogen) atoms. The monoisotopic (exact) mass is 367 g/mol. The lowest BCUT2D eigenvalue weighted by Gasteiger charge is -2.30. The molecule has 0 atom stereocenters. The van der Waals surface area contributed by atoms with E-state index >= 15 is 0 Å². The normalized spacial score (nSPS) is 17.5. The number of nitrogens with zero attached hydrogens (tertiary/aromatic N) is 1. The average Bonchev–Trinajstić information content (AvgIpc) is 2.46. The maximum atomic E-state index is 12.5. The van der Waals surface area contributed by atoms with Gasteiger partial charge in [-0.25, -0.2) is 0 Å². The largest absolute Gasteiger partial charge is 0.490 e. The second-order valence-corrected chi connectivity index (χ2v) is 6.81. The maximum absolute atomic E-state index is 12.5. The summed E-state index contributed by atoms with van der Waals surface area (Å²) in [5, 5.41) is 0. The smallest absolute Gasteiger partial charge is 0.416 e. The van der Waals surface area contributed by atoms with Gasteiger partial charge in [0, 0.05) is 20.0 Å². The molecule has 0 unspecified atom stereocenters. The molecule has 1 fully saturated rings. The van der Waals surface area contributed by atoms with Crippen LogP contribution in [0.25, 0.3) is 0 Å². The van der Waals surface area contributed by atoms with E-state index < -0.39 is 28.0 Å². The third-order valence-corrected chi connectivity index (χ3v) is 4.87. The summed E-state index contributed by atoms with van der Waals surface area (Å²) in [6.45, 7) is 1.19. The van der Waals surface area contributed by atoms with Crippen LogP contribution in [0.15, 0.2) is 24.3 Å². The SMILES string of the molecule is CC(=O)OS(=O)(=O)N1CCC(Oc2ccc(C(F)(F)F)cc2)CC1. The van der Waals surface area contributed by atoms with Gasteiger partial charge in [-0.05, 0) is 37.1 Å². The van der Waals surface area contributed by atoms with Crippen molar-refractivity contribution in [2.75, 3.05) is 13.1 Å². The summed E-state index contributed by atoms with van der Waals surface area (Å²) in [5.41, 5.74) is -0.767. The van der Waals surface area contributed by atoms with Crippen LogP contribution in [0, 0.1) is 0 Å². The minimum absolute atomic E-state index is 0.0981. The number of ether oxygens (including phenoxy) is 1. The van der Waals surface area contributed by atoms with E-state index in [-0.39, 0.29) is 24.9 Å². The second kappa shape index (κ2) is 6.98. The lowest BCUT2D eigenvalue weighted by atomic mass is 10.1. The Morgan fingerprint density at radius 1 is 1.17 bits per heavy atom. The Hall–Kier alpha value is -1.81. The van der Waals surface area contributed by atoms with Crippen LogP contribution in [0.2, 0.25) is 0 Å². The topological polar surface area (TPSA) is 72.9 Å². The van der Waals surface area contributed by atoms with Crippen LogP contribution in [0.4, 0.5) is 13.2 Å². The highest BCUT2D eigenvalue weighted by Gasteiger charge is 2.32. The van der Waals surface area contributed by atoms with Crippen molar-refractivity contribution in [3.8, 4) is 5.75 Å².